The third-order valence-corrected chi connectivity index (χ3v) is 8.83. The summed E-state index contributed by atoms with van der Waals surface area (Å²) < 4.78 is 89.9. The highest BCUT2D eigenvalue weighted by molar-refractivity contribution is 7.99. The van der Waals surface area contributed by atoms with E-state index >= 15 is 0 Å². The van der Waals surface area contributed by atoms with Crippen molar-refractivity contribution in [1.82, 2.24) is 0 Å². The van der Waals surface area contributed by atoms with Crippen molar-refractivity contribution in [3.05, 3.63) is 108 Å². The maximum Gasteiger partial charge on any atom is 0.180 e. The summed E-state index contributed by atoms with van der Waals surface area (Å²) in [5.74, 6) is -8.39. The quantitative estimate of drug-likeness (QED) is 0.127. The van der Waals surface area contributed by atoms with Crippen molar-refractivity contribution in [3.63, 3.8) is 0 Å². The molecule has 0 aliphatic rings. The molecule has 0 bridgehead atoms. The van der Waals surface area contributed by atoms with Gasteiger partial charge in [-0.1, -0.05) is 48.2 Å². The van der Waals surface area contributed by atoms with Crippen LogP contribution >= 0.6 is 11.8 Å². The summed E-state index contributed by atoms with van der Waals surface area (Å²) in [6, 6.07) is 26.0. The Labute approximate surface area is 200 Å². The molecule has 10 heteroatoms. The topological polar surface area (TPSA) is 57.2 Å². The molecular weight excluding hydrogens is 508 g/mol. The summed E-state index contributed by atoms with van der Waals surface area (Å²) in [6.45, 7) is 0. The summed E-state index contributed by atoms with van der Waals surface area (Å²) in [6.07, 6.45) is 0. The van der Waals surface area contributed by atoms with Gasteiger partial charge < -0.3 is 4.55 Å². The summed E-state index contributed by atoms with van der Waals surface area (Å²) >= 11 is 0.377. The van der Waals surface area contributed by atoms with E-state index in [1.165, 1.54) is 0 Å². The lowest BCUT2D eigenvalue weighted by atomic mass is 10.3. The number of hydrogen-bond donors (Lipinski definition) is 0. The number of hydrogen-bond acceptors (Lipinski definition) is 4. The van der Waals surface area contributed by atoms with Crippen LogP contribution in [0.3, 0.4) is 0 Å². The van der Waals surface area contributed by atoms with E-state index in [2.05, 4.69) is 0 Å². The van der Waals surface area contributed by atoms with Gasteiger partial charge in [-0.3, -0.25) is 0 Å². The Kier molecular flexibility index (Phi) is 7.04. The molecule has 174 valence electrons. The largest absolute Gasteiger partial charge is 0.744 e. The predicted molar refractivity (Wildman–Crippen MR) is 120 cm³/mol. The summed E-state index contributed by atoms with van der Waals surface area (Å²) in [4.78, 5) is -0.0117. The van der Waals surface area contributed by atoms with Gasteiger partial charge in [0.2, 0.25) is 0 Å². The van der Waals surface area contributed by atoms with Crippen LogP contribution in [0, 0.1) is 23.3 Å². The van der Waals surface area contributed by atoms with Gasteiger partial charge in [-0.05, 0) is 48.5 Å². The average Bonchev–Trinajstić information content (AvgIpc) is 2.82. The second kappa shape index (κ2) is 9.83. The molecule has 0 atom stereocenters. The first kappa shape index (κ1) is 24.3. The summed E-state index contributed by atoms with van der Waals surface area (Å²) in [5, 5.41) is 0. The first-order valence-corrected chi connectivity index (χ1v) is 13.1. The molecule has 0 heterocycles. The van der Waals surface area contributed by atoms with Gasteiger partial charge in [0.1, 0.15) is 15.0 Å². The molecule has 0 saturated heterocycles. The molecule has 0 spiro atoms. The van der Waals surface area contributed by atoms with E-state index in [1.807, 2.05) is 60.7 Å². The molecule has 0 amide bonds. The molecule has 3 nitrogen and oxygen atoms in total. The van der Waals surface area contributed by atoms with Crippen LogP contribution in [-0.4, -0.2) is 13.0 Å². The maximum absolute atomic E-state index is 14.4. The SMILES string of the molecule is O=S(=O)([O-])c1c(F)c(F)c(Sc2ccc([S+](c3ccccc3)c3ccccc3)cc2)c(F)c1F. The lowest BCUT2D eigenvalue weighted by Crippen LogP contribution is -2.11. The Balaban J connectivity index is 1.71. The van der Waals surface area contributed by atoms with E-state index < -0.39 is 54.1 Å². The summed E-state index contributed by atoms with van der Waals surface area (Å²) in [5.41, 5.74) is 0. The first-order valence-electron chi connectivity index (χ1n) is 9.62. The Morgan fingerprint density at radius 3 is 1.44 bits per heavy atom. The molecule has 0 aromatic heterocycles. The minimum absolute atomic E-state index is 0.253. The van der Waals surface area contributed by atoms with E-state index in [4.69, 9.17) is 0 Å². The molecule has 0 saturated carbocycles. The van der Waals surface area contributed by atoms with E-state index in [0.29, 0.717) is 11.8 Å². The van der Waals surface area contributed by atoms with E-state index in [-0.39, 0.29) is 4.90 Å². The second-order valence-corrected chi connectivity index (χ2v) is 11.3. The van der Waals surface area contributed by atoms with Crippen molar-refractivity contribution in [2.75, 3.05) is 0 Å². The lowest BCUT2D eigenvalue weighted by Gasteiger charge is -2.14. The maximum atomic E-state index is 14.4. The van der Waals surface area contributed by atoms with Gasteiger partial charge in [0.25, 0.3) is 0 Å². The number of benzene rings is 4. The zero-order chi connectivity index (χ0) is 24.5. The van der Waals surface area contributed by atoms with Gasteiger partial charge in [-0.2, -0.15) is 0 Å². The molecule has 0 N–H and O–H groups in total. The molecule has 0 aliphatic heterocycles. The highest BCUT2D eigenvalue weighted by atomic mass is 32.2. The molecule has 4 rings (SSSR count). The predicted octanol–water partition coefficient (Wildman–Crippen LogP) is 6.39. The minimum atomic E-state index is -5.76. The normalized spacial score (nSPS) is 11.7. The molecule has 0 aliphatic carbocycles. The smallest absolute Gasteiger partial charge is 0.180 e. The Morgan fingerprint density at radius 2 is 1.03 bits per heavy atom. The van der Waals surface area contributed by atoms with Gasteiger partial charge in [0.05, 0.1) is 15.8 Å². The monoisotopic (exact) mass is 522 g/mol. The molecule has 0 radical (unpaired) electrons. The molecule has 34 heavy (non-hydrogen) atoms. The summed E-state index contributed by atoms with van der Waals surface area (Å²) in [7, 11) is -6.23. The second-order valence-electron chi connectivity index (χ2n) is 6.87. The fraction of sp³-hybridized carbons (Fsp3) is 0. The van der Waals surface area contributed by atoms with Crippen LogP contribution in [0.5, 0.6) is 0 Å². The molecule has 0 unspecified atom stereocenters. The minimum Gasteiger partial charge on any atom is -0.744 e. The van der Waals surface area contributed by atoms with E-state index in [9.17, 15) is 30.5 Å². The Morgan fingerprint density at radius 1 is 0.618 bits per heavy atom. The van der Waals surface area contributed by atoms with Gasteiger partial charge >= 0.3 is 0 Å². The average molecular weight is 523 g/mol. The van der Waals surface area contributed by atoms with Crippen molar-refractivity contribution in [2.24, 2.45) is 0 Å². The van der Waals surface area contributed by atoms with Crippen LogP contribution in [0.25, 0.3) is 0 Å². The van der Waals surface area contributed by atoms with Crippen molar-refractivity contribution in [2.45, 2.75) is 29.4 Å². The van der Waals surface area contributed by atoms with Crippen LogP contribution in [0.4, 0.5) is 17.6 Å². The Bertz CT molecular complexity index is 1360. The van der Waals surface area contributed by atoms with Crippen molar-refractivity contribution in [1.29, 1.82) is 0 Å². The fourth-order valence-electron chi connectivity index (χ4n) is 3.18. The highest BCUT2D eigenvalue weighted by Gasteiger charge is 2.30. The zero-order valence-electron chi connectivity index (χ0n) is 17.0. The van der Waals surface area contributed by atoms with Crippen LogP contribution in [0.1, 0.15) is 0 Å². The molecule has 4 aromatic rings. The van der Waals surface area contributed by atoms with Crippen LogP contribution in [0.15, 0.2) is 114 Å². The third kappa shape index (κ3) is 4.85. The van der Waals surface area contributed by atoms with E-state index in [0.717, 1.165) is 14.7 Å². The third-order valence-electron chi connectivity index (χ3n) is 4.67. The number of rotatable bonds is 6. The van der Waals surface area contributed by atoms with Gasteiger partial charge in [-0.15, -0.1) is 0 Å². The van der Waals surface area contributed by atoms with Crippen molar-refractivity contribution in [3.8, 4) is 0 Å². The van der Waals surface area contributed by atoms with Gasteiger partial charge in [-0.25, -0.2) is 26.0 Å². The molecule has 4 aromatic carbocycles. The standard InChI is InChI=1S/C24H14F4O3S3/c25-19-21(27)24(34(29,30)31)22(28)20(26)23(19)32-15-11-13-18(14-12-15)33(16-7-3-1-4-8-16)17-9-5-2-6-10-17/h1-14H. The zero-order valence-corrected chi connectivity index (χ0v) is 19.5. The van der Waals surface area contributed by atoms with Crippen molar-refractivity contribution >= 4 is 32.8 Å². The van der Waals surface area contributed by atoms with Crippen LogP contribution in [-0.2, 0) is 21.0 Å². The van der Waals surface area contributed by atoms with Crippen LogP contribution in [0.2, 0.25) is 0 Å². The van der Waals surface area contributed by atoms with Crippen molar-refractivity contribution < 1.29 is 30.5 Å². The number of halogens is 4. The lowest BCUT2D eigenvalue weighted by molar-refractivity contribution is 0.381. The first-order chi connectivity index (χ1) is 16.2. The molecular formula is C24H14F4O3S3. The van der Waals surface area contributed by atoms with Gasteiger partial charge in [0, 0.05) is 4.90 Å². The Hall–Kier alpha value is -2.79. The van der Waals surface area contributed by atoms with Crippen LogP contribution < -0.4 is 0 Å². The van der Waals surface area contributed by atoms with E-state index in [1.54, 1.807) is 24.3 Å². The van der Waals surface area contributed by atoms with Gasteiger partial charge in [0.15, 0.2) is 38.0 Å². The molecule has 0 fully saturated rings. The fourth-order valence-corrected chi connectivity index (χ4v) is 6.75. The highest BCUT2D eigenvalue weighted by Crippen LogP contribution is 2.38.